The smallest absolute Gasteiger partial charge is 0.321 e. The zero-order chi connectivity index (χ0) is 40.4. The van der Waals surface area contributed by atoms with E-state index in [1.807, 2.05) is 24.3 Å². The number of pyridine rings is 1. The number of nitrogens with zero attached hydrogens (tertiary/aromatic N) is 3. The van der Waals surface area contributed by atoms with Gasteiger partial charge >= 0.3 is 5.97 Å². The molecular formula is C45H49ClN4O7. The van der Waals surface area contributed by atoms with Crippen LogP contribution in [-0.4, -0.2) is 81.8 Å². The maximum absolute atomic E-state index is 12.3. The van der Waals surface area contributed by atoms with E-state index in [0.717, 1.165) is 42.6 Å². The van der Waals surface area contributed by atoms with Gasteiger partial charge in [-0.3, -0.25) is 15.1 Å². The lowest BCUT2D eigenvalue weighted by Crippen LogP contribution is -2.52. The predicted octanol–water partition coefficient (Wildman–Crippen LogP) is 6.95. The predicted molar refractivity (Wildman–Crippen MR) is 218 cm³/mol. The zero-order valence-corrected chi connectivity index (χ0v) is 33.0. The Morgan fingerprint density at radius 3 is 2.58 bits per heavy atom. The number of aromatic nitrogens is 1. The number of phenols is 1. The molecule has 1 aliphatic heterocycles. The van der Waals surface area contributed by atoms with Crippen molar-refractivity contribution in [2.75, 3.05) is 32.8 Å². The fourth-order valence-electron chi connectivity index (χ4n) is 7.36. The molecule has 0 radical (unpaired) electrons. The van der Waals surface area contributed by atoms with Gasteiger partial charge in [-0.25, -0.2) is 0 Å². The van der Waals surface area contributed by atoms with E-state index in [1.165, 1.54) is 18.3 Å². The first-order valence-electron chi connectivity index (χ1n) is 19.1. The average molecular weight is 793 g/mol. The standard InChI is InChI=1S/C45H49ClN4O7/c1-44(2)38(34-8-4-3-5-9-34)10-6-16-45(44,57-19-7-17-50-18-15-37(52)28-50)30-56-42-23-41(55-29-33-20-32(24-47)25-48-26-33)35(22-39(42)46)27-49-40(43(53)54)21-31-11-13-36(51)14-12-31/h3-6,8-14,16,20,22-23,25-26,37,40,49,51-52H,7,15,17-19,21,27-30H2,1-2H3,(H,53,54)/t37-,40?,45?/m1/s1. The number of β-amino-alcohol motifs (C(OH)–C–C–N with tert-alkyl or cyclic N) is 1. The minimum Gasteiger partial charge on any atom is -0.508 e. The number of ether oxygens (including phenoxy) is 3. The van der Waals surface area contributed by atoms with E-state index < -0.39 is 23.0 Å². The number of phenolic OH excluding ortho intramolecular Hbond substituents is 1. The van der Waals surface area contributed by atoms with Gasteiger partial charge in [0.15, 0.2) is 0 Å². The van der Waals surface area contributed by atoms with Crippen LogP contribution in [0.3, 0.4) is 0 Å². The van der Waals surface area contributed by atoms with Crippen LogP contribution in [0.25, 0.3) is 5.57 Å². The van der Waals surface area contributed by atoms with Gasteiger partial charge in [-0.2, -0.15) is 5.26 Å². The van der Waals surface area contributed by atoms with E-state index in [-0.39, 0.29) is 38.0 Å². The van der Waals surface area contributed by atoms with E-state index in [0.29, 0.717) is 46.4 Å². The van der Waals surface area contributed by atoms with Crippen LogP contribution in [0.1, 0.15) is 54.5 Å². The Bertz CT molecular complexity index is 2100. The second-order valence-corrected chi connectivity index (χ2v) is 15.5. The van der Waals surface area contributed by atoms with Crippen LogP contribution in [-0.2, 0) is 29.1 Å². The SMILES string of the molecule is CC1(C)C(c2ccccc2)=CC=CC1(COc1cc(OCc2cncc(C#N)c2)c(CNC(Cc2ccc(O)cc2)C(=O)O)cc1Cl)OCCCN1CC[C@@H](O)C1. The van der Waals surface area contributed by atoms with Crippen molar-refractivity contribution in [2.24, 2.45) is 5.41 Å². The lowest BCUT2D eigenvalue weighted by atomic mass is 9.65. The van der Waals surface area contributed by atoms with Crippen molar-refractivity contribution in [3.05, 3.63) is 136 Å². The van der Waals surface area contributed by atoms with E-state index in [1.54, 1.807) is 36.5 Å². The number of benzene rings is 3. The lowest BCUT2D eigenvalue weighted by molar-refractivity contribution is -0.139. The summed E-state index contributed by atoms with van der Waals surface area (Å²) in [6.45, 7) is 7.41. The van der Waals surface area contributed by atoms with E-state index in [2.05, 4.69) is 59.4 Å². The molecule has 1 saturated heterocycles. The number of likely N-dealkylation sites (tertiary alicyclic amines) is 1. The molecule has 11 nitrogen and oxygen atoms in total. The van der Waals surface area contributed by atoms with Gasteiger partial charge in [-0.05, 0) is 66.3 Å². The van der Waals surface area contributed by atoms with Crippen molar-refractivity contribution < 1.29 is 34.3 Å². The van der Waals surface area contributed by atoms with Gasteiger partial charge in [0.05, 0.1) is 16.7 Å². The molecule has 4 aromatic rings. The topological polar surface area (TPSA) is 157 Å². The molecule has 0 bridgehead atoms. The summed E-state index contributed by atoms with van der Waals surface area (Å²) in [5.41, 5.74) is 3.13. The number of carbonyl (C=O) groups is 1. The largest absolute Gasteiger partial charge is 0.508 e. The number of rotatable bonds is 18. The third-order valence-corrected chi connectivity index (χ3v) is 11.1. The maximum Gasteiger partial charge on any atom is 0.321 e. The van der Waals surface area contributed by atoms with Crippen molar-refractivity contribution >= 4 is 23.1 Å². The molecule has 0 amide bonds. The molecule has 2 unspecified atom stereocenters. The van der Waals surface area contributed by atoms with Crippen LogP contribution >= 0.6 is 11.6 Å². The normalized spacial score (nSPS) is 19.4. The van der Waals surface area contributed by atoms with Gasteiger partial charge in [-0.15, -0.1) is 0 Å². The quantitative estimate of drug-likeness (QED) is 0.0774. The number of aliphatic hydroxyl groups is 1. The second-order valence-electron chi connectivity index (χ2n) is 15.1. The molecule has 4 N–H and O–H groups in total. The summed E-state index contributed by atoms with van der Waals surface area (Å²) in [6, 6.07) is 22.9. The van der Waals surface area contributed by atoms with Gasteiger partial charge in [0, 0.05) is 67.8 Å². The highest BCUT2D eigenvalue weighted by atomic mass is 35.5. The Kier molecular flexibility index (Phi) is 13.7. The van der Waals surface area contributed by atoms with Crippen molar-refractivity contribution in [1.29, 1.82) is 5.26 Å². The van der Waals surface area contributed by atoms with Crippen LogP contribution < -0.4 is 14.8 Å². The summed E-state index contributed by atoms with van der Waals surface area (Å²) >= 11 is 6.96. The molecule has 1 aliphatic carbocycles. The number of nitrogens with one attached hydrogen (secondary N) is 1. The van der Waals surface area contributed by atoms with Gasteiger partial charge in [0.1, 0.15) is 48.2 Å². The summed E-state index contributed by atoms with van der Waals surface area (Å²) in [4.78, 5) is 18.7. The summed E-state index contributed by atoms with van der Waals surface area (Å²) in [6.07, 6.45) is 10.7. The Labute approximate surface area is 338 Å². The van der Waals surface area contributed by atoms with Crippen molar-refractivity contribution in [2.45, 2.75) is 64.0 Å². The lowest BCUT2D eigenvalue weighted by Gasteiger charge is -2.47. The average Bonchev–Trinajstić information content (AvgIpc) is 3.63. The number of nitriles is 1. The van der Waals surface area contributed by atoms with E-state index in [4.69, 9.17) is 25.8 Å². The second kappa shape index (κ2) is 18.8. The molecular weight excluding hydrogens is 744 g/mol. The molecule has 3 atom stereocenters. The molecule has 57 heavy (non-hydrogen) atoms. The van der Waals surface area contributed by atoms with Crippen LogP contribution in [0, 0.1) is 16.7 Å². The minimum atomic E-state index is -1.04. The zero-order valence-electron chi connectivity index (χ0n) is 32.2. The Balaban J connectivity index is 1.26. The van der Waals surface area contributed by atoms with Gasteiger partial charge in [0.2, 0.25) is 0 Å². The number of carboxylic acids is 1. The van der Waals surface area contributed by atoms with Crippen LogP contribution in [0.4, 0.5) is 0 Å². The van der Waals surface area contributed by atoms with Gasteiger partial charge in [0.25, 0.3) is 0 Å². The summed E-state index contributed by atoms with van der Waals surface area (Å²) in [5, 5.41) is 42.6. The molecule has 6 rings (SSSR count). The van der Waals surface area contributed by atoms with Crippen LogP contribution in [0.2, 0.25) is 5.02 Å². The number of allylic oxidation sites excluding steroid dienone is 2. The van der Waals surface area contributed by atoms with Gasteiger partial charge < -0.3 is 34.4 Å². The molecule has 12 heteroatoms. The molecule has 0 saturated carbocycles. The van der Waals surface area contributed by atoms with Crippen LogP contribution in [0.5, 0.6) is 17.2 Å². The number of carboxylic acid groups (broad SMARTS) is 1. The first kappa shape index (κ1) is 41.4. The number of aliphatic hydroxyl groups excluding tert-OH is 1. The number of hydrogen-bond donors (Lipinski definition) is 4. The third-order valence-electron chi connectivity index (χ3n) is 10.8. The summed E-state index contributed by atoms with van der Waals surface area (Å²) < 4.78 is 19.8. The highest BCUT2D eigenvalue weighted by Gasteiger charge is 2.49. The first-order valence-corrected chi connectivity index (χ1v) is 19.5. The molecule has 2 aliphatic rings. The first-order chi connectivity index (χ1) is 27.5. The summed E-state index contributed by atoms with van der Waals surface area (Å²) in [7, 11) is 0. The summed E-state index contributed by atoms with van der Waals surface area (Å²) in [5.74, 6) is -0.178. The van der Waals surface area contributed by atoms with Crippen LogP contribution in [0.15, 0.2) is 103 Å². The maximum atomic E-state index is 12.3. The van der Waals surface area contributed by atoms with Crippen molar-refractivity contribution in [3.8, 4) is 23.3 Å². The third kappa shape index (κ3) is 10.4. The molecule has 1 fully saturated rings. The molecule has 298 valence electrons. The van der Waals surface area contributed by atoms with E-state index in [9.17, 15) is 25.4 Å². The number of hydrogen-bond acceptors (Lipinski definition) is 10. The van der Waals surface area contributed by atoms with Gasteiger partial charge in [-0.1, -0.05) is 80.1 Å². The van der Waals surface area contributed by atoms with Crippen molar-refractivity contribution in [1.82, 2.24) is 15.2 Å². The number of aliphatic carboxylic acids is 1. The van der Waals surface area contributed by atoms with Crippen molar-refractivity contribution in [3.63, 3.8) is 0 Å². The van der Waals surface area contributed by atoms with E-state index >= 15 is 0 Å². The fraction of sp³-hybridized carbons (Fsp3) is 0.356. The Hall–Kier alpha value is -5.22. The molecule has 3 aromatic carbocycles. The monoisotopic (exact) mass is 792 g/mol. The Morgan fingerprint density at radius 1 is 1.07 bits per heavy atom. The molecule has 2 heterocycles. The minimum absolute atomic E-state index is 0.0779. The fourth-order valence-corrected chi connectivity index (χ4v) is 7.60. The molecule has 1 aromatic heterocycles. The number of aromatic hydroxyl groups is 1. The highest BCUT2D eigenvalue weighted by Crippen LogP contribution is 2.49. The Morgan fingerprint density at radius 2 is 1.86 bits per heavy atom. The number of halogens is 1. The molecule has 0 spiro atoms. The highest BCUT2D eigenvalue weighted by molar-refractivity contribution is 6.32.